The maximum atomic E-state index is 3.92. The van der Waals surface area contributed by atoms with Crippen LogP contribution in [0.4, 0.5) is 0 Å². The predicted octanol–water partition coefficient (Wildman–Crippen LogP) is 25.2. The molecule has 1 heteroatoms. The number of hydrogen-bond donors (Lipinski definition) is 0. The van der Waals surface area contributed by atoms with Crippen molar-refractivity contribution < 1.29 is 0 Å². The molecule has 0 saturated carbocycles. The fraction of sp³-hybridized carbons (Fsp3) is 0.429. The van der Waals surface area contributed by atoms with Crippen LogP contribution in [-0.2, 0) is 21.7 Å². The van der Waals surface area contributed by atoms with Crippen LogP contribution >= 0.6 is 15.9 Å². The maximum absolute atomic E-state index is 3.92. The third kappa shape index (κ3) is 10.5. The van der Waals surface area contributed by atoms with Gasteiger partial charge in [0, 0.05) is 26.1 Å². The lowest BCUT2D eigenvalue weighted by Crippen LogP contribution is -2.27. The Hall–Kier alpha value is -5.76. The summed E-state index contributed by atoms with van der Waals surface area (Å²) in [6.45, 7) is 33.9. The molecule has 0 saturated heterocycles. The molecule has 0 nitrogen and oxygen atoms in total. The quantitative estimate of drug-likeness (QED) is 0.0673. The molecule has 0 unspecified atom stereocenters. The van der Waals surface area contributed by atoms with E-state index in [9.17, 15) is 0 Å². The normalized spacial score (nSPS) is 15.9. The summed E-state index contributed by atoms with van der Waals surface area (Å²) in [5.74, 6) is 3.83. The van der Waals surface area contributed by atoms with Crippen molar-refractivity contribution in [1.29, 1.82) is 0 Å². The molecule has 8 aromatic rings. The van der Waals surface area contributed by atoms with Crippen molar-refractivity contribution in [2.75, 3.05) is 0 Å². The standard InChI is InChI=1S/C84H97Br/c1-52(2)33-39-82(40-34-53(3)4)73-18-16-15-17-65(73)68-28-21-62(47-76(68)82)63-24-30-70-69-29-22-60(48-77(69)83(78(70)50-63,41-35-54(5)6)42-36-55(7)8)58-19-26-66-67-27-20-59(46-75(67)81(13,14)74(66)45-58)61-23-31-71-72-32-25-64(85)51-80(72)84(79(71)49-61,43-37-56(9)10)44-38-57(11)12/h15-32,45-57H,33-44H2,1-14H3. The Kier molecular flexibility index (Phi) is 16.2. The number of halogens is 1. The summed E-state index contributed by atoms with van der Waals surface area (Å²) in [6.07, 6.45) is 14.3. The van der Waals surface area contributed by atoms with Gasteiger partial charge in [-0.25, -0.2) is 0 Å². The lowest BCUT2D eigenvalue weighted by molar-refractivity contribution is 0.364. The first kappa shape index (κ1) is 59.6. The molecule has 0 atom stereocenters. The lowest BCUT2D eigenvalue weighted by Gasteiger charge is -2.35. The van der Waals surface area contributed by atoms with Crippen LogP contribution < -0.4 is 0 Å². The zero-order valence-electron chi connectivity index (χ0n) is 54.3. The van der Waals surface area contributed by atoms with Gasteiger partial charge in [-0.3, -0.25) is 0 Å². The average molecular weight is 1190 g/mol. The van der Waals surface area contributed by atoms with Gasteiger partial charge in [0.2, 0.25) is 0 Å². The molecule has 0 heterocycles. The largest absolute Gasteiger partial charge is 0.0628 e. The fourth-order valence-corrected chi connectivity index (χ4v) is 16.8. The van der Waals surface area contributed by atoms with E-state index < -0.39 is 0 Å². The molecule has 0 bridgehead atoms. The van der Waals surface area contributed by atoms with Gasteiger partial charge in [-0.1, -0.05) is 216 Å². The first-order valence-electron chi connectivity index (χ1n) is 33.4. The van der Waals surface area contributed by atoms with Gasteiger partial charge in [-0.2, -0.15) is 0 Å². The second-order valence-corrected chi connectivity index (χ2v) is 31.2. The van der Waals surface area contributed by atoms with E-state index in [1.54, 1.807) is 22.3 Å². The van der Waals surface area contributed by atoms with Gasteiger partial charge in [-0.15, -0.1) is 0 Å². The van der Waals surface area contributed by atoms with Crippen LogP contribution in [0.1, 0.15) is 218 Å². The summed E-state index contributed by atoms with van der Waals surface area (Å²) >= 11 is 3.92. The maximum Gasteiger partial charge on any atom is 0.0216 e. The summed E-state index contributed by atoms with van der Waals surface area (Å²) in [5.41, 5.74) is 31.3. The van der Waals surface area contributed by atoms with E-state index in [0.717, 1.165) is 12.8 Å². The van der Waals surface area contributed by atoms with Crippen LogP contribution in [0.15, 0.2) is 156 Å². The first-order valence-corrected chi connectivity index (χ1v) is 34.2. The van der Waals surface area contributed by atoms with Crippen molar-refractivity contribution in [2.45, 2.75) is 196 Å². The smallest absolute Gasteiger partial charge is 0.0216 e. The Labute approximate surface area is 522 Å². The Morgan fingerprint density at radius 2 is 0.482 bits per heavy atom. The molecule has 12 rings (SSSR count). The highest BCUT2D eigenvalue weighted by Gasteiger charge is 2.47. The molecule has 440 valence electrons. The van der Waals surface area contributed by atoms with E-state index in [1.807, 2.05) is 0 Å². The van der Waals surface area contributed by atoms with Gasteiger partial charge in [-0.05, 0) is 283 Å². The molecule has 0 aliphatic heterocycles. The third-order valence-corrected chi connectivity index (χ3v) is 22.0. The van der Waals surface area contributed by atoms with Crippen LogP contribution in [0.5, 0.6) is 0 Å². The SMILES string of the molecule is CC(C)CCC1(CCC(C)C)c2ccccc2-c2ccc(-c3ccc4c(c3)C(CCC(C)C)(CCC(C)C)c3cc(-c5ccc6c(c5)C(C)(C)c5cc(-c7ccc8c(c7)C(CCC(C)C)(CCC(C)C)c7cc(Br)ccc7-8)ccc5-6)ccc3-4)cc21. The van der Waals surface area contributed by atoms with E-state index in [-0.39, 0.29) is 21.7 Å². The fourth-order valence-electron chi connectivity index (χ4n) is 16.4. The van der Waals surface area contributed by atoms with Gasteiger partial charge in [0.05, 0.1) is 0 Å². The highest BCUT2D eigenvalue weighted by Crippen LogP contribution is 2.60. The Morgan fingerprint density at radius 1 is 0.259 bits per heavy atom. The molecule has 85 heavy (non-hydrogen) atoms. The highest BCUT2D eigenvalue weighted by molar-refractivity contribution is 9.10. The van der Waals surface area contributed by atoms with Crippen molar-refractivity contribution in [2.24, 2.45) is 35.5 Å². The number of hydrogen-bond acceptors (Lipinski definition) is 0. The second kappa shape index (κ2) is 23.1. The topological polar surface area (TPSA) is 0 Å². The molecule has 8 aromatic carbocycles. The monoisotopic (exact) mass is 1180 g/mol. The summed E-state index contributed by atoms with van der Waals surface area (Å²) in [6, 6.07) is 61.7. The minimum Gasteiger partial charge on any atom is -0.0628 e. The second-order valence-electron chi connectivity index (χ2n) is 30.3. The van der Waals surface area contributed by atoms with E-state index in [1.165, 1.54) is 169 Å². The van der Waals surface area contributed by atoms with Crippen molar-refractivity contribution in [3.63, 3.8) is 0 Å². The molecule has 4 aliphatic rings. The van der Waals surface area contributed by atoms with Crippen molar-refractivity contribution in [3.05, 3.63) is 201 Å². The highest BCUT2D eigenvalue weighted by atomic mass is 79.9. The molecular weight excluding hydrogens is 1090 g/mol. The average Bonchev–Trinajstić information content (AvgIpc) is 1.70. The van der Waals surface area contributed by atoms with E-state index in [0.29, 0.717) is 35.5 Å². The predicted molar refractivity (Wildman–Crippen MR) is 371 cm³/mol. The van der Waals surface area contributed by atoms with Crippen LogP contribution in [-0.4, -0.2) is 0 Å². The number of fused-ring (bicyclic) bond motifs is 12. The molecular formula is C84H97Br. The van der Waals surface area contributed by atoms with Crippen LogP contribution in [0.3, 0.4) is 0 Å². The Morgan fingerprint density at radius 3 is 0.776 bits per heavy atom. The minimum atomic E-state index is -0.168. The van der Waals surface area contributed by atoms with Gasteiger partial charge < -0.3 is 0 Å². The Bertz CT molecular complexity index is 3770. The number of rotatable bonds is 21. The van der Waals surface area contributed by atoms with Crippen molar-refractivity contribution in [1.82, 2.24) is 0 Å². The number of benzene rings is 8. The van der Waals surface area contributed by atoms with Gasteiger partial charge in [0.25, 0.3) is 0 Å². The van der Waals surface area contributed by atoms with E-state index in [4.69, 9.17) is 0 Å². The summed E-state index contributed by atoms with van der Waals surface area (Å²) < 4.78 is 1.18. The van der Waals surface area contributed by atoms with Gasteiger partial charge in [0.15, 0.2) is 0 Å². The first-order chi connectivity index (χ1) is 40.6. The zero-order valence-corrected chi connectivity index (χ0v) is 55.8. The van der Waals surface area contributed by atoms with E-state index in [2.05, 4.69) is 265 Å². The molecule has 0 spiro atoms. The molecule has 0 amide bonds. The summed E-state index contributed by atoms with van der Waals surface area (Å²) in [5, 5.41) is 0. The Balaban J connectivity index is 0.911. The molecule has 0 radical (unpaired) electrons. The lowest BCUT2D eigenvalue weighted by atomic mass is 9.68. The summed E-state index contributed by atoms with van der Waals surface area (Å²) in [7, 11) is 0. The zero-order chi connectivity index (χ0) is 59.9. The minimum absolute atomic E-state index is 0.00214. The van der Waals surface area contributed by atoms with Gasteiger partial charge in [0.1, 0.15) is 0 Å². The van der Waals surface area contributed by atoms with Crippen molar-refractivity contribution in [3.8, 4) is 77.9 Å². The molecule has 0 N–H and O–H groups in total. The molecule has 0 fully saturated rings. The van der Waals surface area contributed by atoms with Crippen LogP contribution in [0, 0.1) is 35.5 Å². The van der Waals surface area contributed by atoms with Crippen molar-refractivity contribution >= 4 is 15.9 Å². The molecule has 0 aromatic heterocycles. The van der Waals surface area contributed by atoms with Crippen LogP contribution in [0.2, 0.25) is 0 Å². The third-order valence-electron chi connectivity index (χ3n) is 21.5. The van der Waals surface area contributed by atoms with Gasteiger partial charge >= 0.3 is 0 Å². The summed E-state index contributed by atoms with van der Waals surface area (Å²) in [4.78, 5) is 0. The van der Waals surface area contributed by atoms with Crippen LogP contribution in [0.25, 0.3) is 77.9 Å². The molecule has 4 aliphatic carbocycles. The van der Waals surface area contributed by atoms with E-state index >= 15 is 0 Å².